The first-order valence-corrected chi connectivity index (χ1v) is 7.82. The molecular weight excluding hydrogens is 228 g/mol. The Balaban J connectivity index is 1.85. The SMILES string of the molecule is CS(=O)(=O)OC1C2CC3CC(C2)C(O)C1C3. The van der Waals surface area contributed by atoms with Crippen LogP contribution in [0.5, 0.6) is 0 Å². The monoisotopic (exact) mass is 246 g/mol. The van der Waals surface area contributed by atoms with Crippen molar-refractivity contribution >= 4 is 10.1 Å². The molecule has 6 unspecified atom stereocenters. The Kier molecular flexibility index (Phi) is 2.36. The van der Waals surface area contributed by atoms with Crippen molar-refractivity contribution in [2.45, 2.75) is 37.9 Å². The summed E-state index contributed by atoms with van der Waals surface area (Å²) < 4.78 is 27.6. The molecule has 4 bridgehead atoms. The van der Waals surface area contributed by atoms with Crippen molar-refractivity contribution in [1.82, 2.24) is 0 Å². The van der Waals surface area contributed by atoms with E-state index < -0.39 is 10.1 Å². The highest BCUT2D eigenvalue weighted by Gasteiger charge is 2.54. The van der Waals surface area contributed by atoms with Gasteiger partial charge in [0.25, 0.3) is 10.1 Å². The summed E-state index contributed by atoms with van der Waals surface area (Å²) in [6.45, 7) is 0. The van der Waals surface area contributed by atoms with Crippen LogP contribution in [0.4, 0.5) is 0 Å². The van der Waals surface area contributed by atoms with Crippen LogP contribution < -0.4 is 0 Å². The van der Waals surface area contributed by atoms with Crippen LogP contribution in [0.15, 0.2) is 0 Å². The standard InChI is InChI=1S/C11H18O4S/c1-16(13,14)15-11-8-3-6-2-7(5-8)10(12)9(11)4-6/h6-12H,2-5H2,1H3. The number of hydrogen-bond acceptors (Lipinski definition) is 4. The molecule has 4 saturated carbocycles. The van der Waals surface area contributed by atoms with E-state index in [2.05, 4.69) is 0 Å². The van der Waals surface area contributed by atoms with E-state index in [1.165, 1.54) is 0 Å². The fourth-order valence-electron chi connectivity index (χ4n) is 4.18. The van der Waals surface area contributed by atoms with Crippen molar-refractivity contribution < 1.29 is 17.7 Å². The van der Waals surface area contributed by atoms with Crippen LogP contribution >= 0.6 is 0 Å². The highest BCUT2D eigenvalue weighted by Crippen LogP contribution is 2.54. The summed E-state index contributed by atoms with van der Waals surface area (Å²) in [6.07, 6.45) is 4.57. The Labute approximate surface area is 96.1 Å². The first kappa shape index (κ1) is 11.0. The van der Waals surface area contributed by atoms with Crippen molar-refractivity contribution in [2.24, 2.45) is 23.7 Å². The van der Waals surface area contributed by atoms with Crippen molar-refractivity contribution in [1.29, 1.82) is 0 Å². The molecule has 5 heteroatoms. The Bertz CT molecular complexity index is 391. The second-order valence-corrected chi connectivity index (χ2v) is 7.35. The van der Waals surface area contributed by atoms with Crippen molar-refractivity contribution in [3.8, 4) is 0 Å². The lowest BCUT2D eigenvalue weighted by atomic mass is 9.54. The van der Waals surface area contributed by atoms with Gasteiger partial charge in [0, 0.05) is 5.92 Å². The van der Waals surface area contributed by atoms with Crippen LogP contribution in [0, 0.1) is 23.7 Å². The Hall–Kier alpha value is -0.130. The molecule has 0 saturated heterocycles. The maximum absolute atomic E-state index is 11.2. The minimum atomic E-state index is -3.40. The van der Waals surface area contributed by atoms with Gasteiger partial charge in [-0.3, -0.25) is 4.18 Å². The van der Waals surface area contributed by atoms with Crippen molar-refractivity contribution in [2.75, 3.05) is 6.26 Å². The number of rotatable bonds is 2. The van der Waals surface area contributed by atoms with Gasteiger partial charge in [0.1, 0.15) is 0 Å². The van der Waals surface area contributed by atoms with E-state index >= 15 is 0 Å². The van der Waals surface area contributed by atoms with Gasteiger partial charge in [-0.25, -0.2) is 0 Å². The largest absolute Gasteiger partial charge is 0.392 e. The van der Waals surface area contributed by atoms with Gasteiger partial charge in [0.05, 0.1) is 18.5 Å². The zero-order valence-corrected chi connectivity index (χ0v) is 10.2. The zero-order valence-electron chi connectivity index (χ0n) is 9.37. The van der Waals surface area contributed by atoms with E-state index in [0.717, 1.165) is 31.9 Å². The Morgan fingerprint density at radius 2 is 1.81 bits per heavy atom. The third-order valence-electron chi connectivity index (χ3n) is 4.58. The molecule has 0 aromatic heterocycles. The molecule has 16 heavy (non-hydrogen) atoms. The quantitative estimate of drug-likeness (QED) is 0.731. The Morgan fingerprint density at radius 1 is 1.12 bits per heavy atom. The summed E-state index contributed by atoms with van der Waals surface area (Å²) in [4.78, 5) is 0. The molecule has 0 aliphatic heterocycles. The fourth-order valence-corrected chi connectivity index (χ4v) is 4.88. The van der Waals surface area contributed by atoms with Crippen molar-refractivity contribution in [3.63, 3.8) is 0 Å². The average Bonchev–Trinajstić information content (AvgIpc) is 2.17. The third-order valence-corrected chi connectivity index (χ3v) is 5.15. The van der Waals surface area contributed by atoms with Gasteiger partial charge in [0.2, 0.25) is 0 Å². The minimum Gasteiger partial charge on any atom is -0.392 e. The third kappa shape index (κ3) is 1.69. The predicted molar refractivity (Wildman–Crippen MR) is 58.2 cm³/mol. The van der Waals surface area contributed by atoms with E-state index in [0.29, 0.717) is 17.8 Å². The van der Waals surface area contributed by atoms with Crippen LogP contribution in [0.25, 0.3) is 0 Å². The summed E-state index contributed by atoms with van der Waals surface area (Å²) in [5.41, 5.74) is 0. The van der Waals surface area contributed by atoms with E-state index in [9.17, 15) is 13.5 Å². The summed E-state index contributed by atoms with van der Waals surface area (Å²) in [5.74, 6) is 1.48. The van der Waals surface area contributed by atoms with Gasteiger partial charge in [-0.1, -0.05) is 0 Å². The van der Waals surface area contributed by atoms with Crippen LogP contribution in [0.2, 0.25) is 0 Å². The molecule has 0 aromatic rings. The molecule has 6 atom stereocenters. The summed E-state index contributed by atoms with van der Waals surface area (Å²) in [6, 6.07) is 0. The molecule has 0 spiro atoms. The molecule has 92 valence electrons. The summed E-state index contributed by atoms with van der Waals surface area (Å²) in [7, 11) is -3.40. The van der Waals surface area contributed by atoms with Crippen LogP contribution in [0.1, 0.15) is 25.7 Å². The van der Waals surface area contributed by atoms with E-state index in [4.69, 9.17) is 4.18 Å². The smallest absolute Gasteiger partial charge is 0.264 e. The molecule has 4 nitrogen and oxygen atoms in total. The minimum absolute atomic E-state index is 0.0472. The molecule has 4 fully saturated rings. The fraction of sp³-hybridized carbons (Fsp3) is 1.00. The molecule has 0 radical (unpaired) electrons. The zero-order chi connectivity index (χ0) is 11.5. The van der Waals surface area contributed by atoms with Gasteiger partial charge in [-0.15, -0.1) is 0 Å². The number of hydrogen-bond donors (Lipinski definition) is 1. The van der Waals surface area contributed by atoms with Crippen LogP contribution in [-0.4, -0.2) is 32.0 Å². The van der Waals surface area contributed by atoms with E-state index in [1.54, 1.807) is 0 Å². The lowest BCUT2D eigenvalue weighted by Gasteiger charge is -2.55. The molecule has 4 aliphatic carbocycles. The molecule has 0 amide bonds. The molecule has 0 aromatic carbocycles. The number of aliphatic hydroxyl groups is 1. The van der Waals surface area contributed by atoms with Crippen LogP contribution in [-0.2, 0) is 14.3 Å². The maximum atomic E-state index is 11.2. The first-order chi connectivity index (χ1) is 7.44. The van der Waals surface area contributed by atoms with Gasteiger partial charge in [-0.2, -0.15) is 8.42 Å². The van der Waals surface area contributed by atoms with Gasteiger partial charge in [-0.05, 0) is 43.4 Å². The normalized spacial score (nSPS) is 50.9. The second-order valence-electron chi connectivity index (χ2n) is 5.75. The average molecular weight is 246 g/mol. The molecule has 1 N–H and O–H groups in total. The lowest BCUT2D eigenvalue weighted by molar-refractivity contribution is -0.150. The second kappa shape index (κ2) is 3.43. The topological polar surface area (TPSA) is 63.6 Å². The van der Waals surface area contributed by atoms with E-state index in [1.807, 2.05) is 0 Å². The predicted octanol–water partition coefficient (Wildman–Crippen LogP) is 0.758. The summed E-state index contributed by atoms with van der Waals surface area (Å²) in [5, 5.41) is 10.1. The van der Waals surface area contributed by atoms with Gasteiger partial charge >= 0.3 is 0 Å². The maximum Gasteiger partial charge on any atom is 0.264 e. The highest BCUT2D eigenvalue weighted by atomic mass is 32.2. The molecule has 4 rings (SSSR count). The van der Waals surface area contributed by atoms with Gasteiger partial charge < -0.3 is 5.11 Å². The molecule has 4 aliphatic rings. The van der Waals surface area contributed by atoms with Crippen molar-refractivity contribution in [3.05, 3.63) is 0 Å². The lowest BCUT2D eigenvalue weighted by Crippen LogP contribution is -2.57. The highest BCUT2D eigenvalue weighted by molar-refractivity contribution is 7.86. The van der Waals surface area contributed by atoms with E-state index in [-0.39, 0.29) is 18.1 Å². The first-order valence-electron chi connectivity index (χ1n) is 6.00. The Morgan fingerprint density at radius 3 is 2.50 bits per heavy atom. The van der Waals surface area contributed by atoms with Gasteiger partial charge in [0.15, 0.2) is 0 Å². The molecule has 0 heterocycles. The molecular formula is C11H18O4S. The van der Waals surface area contributed by atoms with Crippen LogP contribution in [0.3, 0.4) is 0 Å². The number of aliphatic hydroxyl groups excluding tert-OH is 1. The summed E-state index contributed by atoms with van der Waals surface area (Å²) >= 11 is 0.